The highest BCUT2D eigenvalue weighted by Crippen LogP contribution is 2.24. The highest BCUT2D eigenvalue weighted by Gasteiger charge is 2.35. The minimum Gasteiger partial charge on any atom is -0.381 e. The number of sulfonamides is 1. The number of rotatable bonds is 5. The van der Waals surface area contributed by atoms with E-state index < -0.39 is 10.0 Å². The summed E-state index contributed by atoms with van der Waals surface area (Å²) < 4.78 is 32.6. The number of hydrogen-bond donors (Lipinski definition) is 1. The lowest BCUT2D eigenvalue weighted by Crippen LogP contribution is -2.47. The molecule has 3 rings (SSSR count). The molecule has 26 heavy (non-hydrogen) atoms. The first-order valence-electron chi connectivity index (χ1n) is 9.55. The lowest BCUT2D eigenvalue weighted by Gasteiger charge is -2.35. The molecule has 7 nitrogen and oxygen atoms in total. The summed E-state index contributed by atoms with van der Waals surface area (Å²) in [6, 6.07) is 2.20. The molecule has 8 heteroatoms. The molecule has 1 aromatic heterocycles. The Morgan fingerprint density at radius 2 is 1.81 bits per heavy atom. The monoisotopic (exact) mass is 382 g/mol. The van der Waals surface area contributed by atoms with Crippen molar-refractivity contribution < 1.29 is 13.2 Å². The van der Waals surface area contributed by atoms with Gasteiger partial charge >= 0.3 is 0 Å². The molecule has 0 aromatic carbocycles. The maximum Gasteiger partial charge on any atom is 0.217 e. The first-order valence-corrected chi connectivity index (χ1v) is 11.1. The molecular formula is C18H30N4O3S. The summed E-state index contributed by atoms with van der Waals surface area (Å²) in [7, 11) is -3.21. The molecule has 2 fully saturated rings. The molecule has 0 atom stereocenters. The van der Waals surface area contributed by atoms with Crippen molar-refractivity contribution in [2.75, 3.05) is 31.6 Å². The van der Waals surface area contributed by atoms with Gasteiger partial charge in [-0.1, -0.05) is 13.8 Å². The number of aromatic nitrogens is 2. The van der Waals surface area contributed by atoms with Gasteiger partial charge in [0.25, 0.3) is 0 Å². The van der Waals surface area contributed by atoms with Gasteiger partial charge in [-0.15, -0.1) is 0 Å². The fourth-order valence-electron chi connectivity index (χ4n) is 3.57. The normalized spacial score (nSPS) is 21.2. The van der Waals surface area contributed by atoms with Gasteiger partial charge in [-0.25, -0.2) is 22.7 Å². The molecule has 2 aliphatic rings. The van der Waals surface area contributed by atoms with Crippen LogP contribution in [-0.4, -0.2) is 60.3 Å². The van der Waals surface area contributed by atoms with Crippen molar-refractivity contribution in [3.8, 4) is 0 Å². The highest BCUT2D eigenvalue weighted by atomic mass is 32.2. The number of piperidine rings is 1. The third-order valence-electron chi connectivity index (χ3n) is 5.14. The minimum absolute atomic E-state index is 0.241. The van der Waals surface area contributed by atoms with Crippen LogP contribution >= 0.6 is 0 Å². The van der Waals surface area contributed by atoms with Crippen LogP contribution in [0.25, 0.3) is 0 Å². The fourth-order valence-corrected chi connectivity index (χ4v) is 5.50. The lowest BCUT2D eigenvalue weighted by atomic mass is 10.1. The van der Waals surface area contributed by atoms with Crippen molar-refractivity contribution in [3.05, 3.63) is 17.6 Å². The summed E-state index contributed by atoms with van der Waals surface area (Å²) in [4.78, 5) is 9.07. The van der Waals surface area contributed by atoms with E-state index in [2.05, 4.69) is 29.1 Å². The molecule has 0 unspecified atom stereocenters. The predicted molar refractivity (Wildman–Crippen MR) is 102 cm³/mol. The van der Waals surface area contributed by atoms with Gasteiger partial charge in [-0.2, -0.15) is 0 Å². The molecule has 0 aliphatic carbocycles. The maximum absolute atomic E-state index is 12.8. The van der Waals surface area contributed by atoms with Crippen LogP contribution in [0, 0.1) is 6.92 Å². The van der Waals surface area contributed by atoms with E-state index in [4.69, 9.17) is 4.74 Å². The SMILES string of the molecule is Cc1cc(NC2CCN(S(=O)(=O)C3CCOCC3)CC2)nc(C(C)C)n1. The molecule has 0 saturated carbocycles. The van der Waals surface area contributed by atoms with Crippen LogP contribution < -0.4 is 5.32 Å². The predicted octanol–water partition coefficient (Wildman–Crippen LogP) is 2.29. The molecule has 2 saturated heterocycles. The Balaban J connectivity index is 1.59. The van der Waals surface area contributed by atoms with Crippen LogP contribution in [0.2, 0.25) is 0 Å². The van der Waals surface area contributed by atoms with Gasteiger partial charge in [-0.3, -0.25) is 0 Å². The van der Waals surface area contributed by atoms with E-state index in [9.17, 15) is 8.42 Å². The molecule has 3 heterocycles. The van der Waals surface area contributed by atoms with Crippen molar-refractivity contribution in [2.24, 2.45) is 0 Å². The van der Waals surface area contributed by atoms with E-state index in [1.165, 1.54) is 0 Å². The van der Waals surface area contributed by atoms with Gasteiger partial charge in [0, 0.05) is 50.0 Å². The van der Waals surface area contributed by atoms with E-state index in [-0.39, 0.29) is 17.2 Å². The number of aryl methyl sites for hydroxylation is 1. The third kappa shape index (κ3) is 4.53. The molecule has 0 bridgehead atoms. The largest absolute Gasteiger partial charge is 0.381 e. The smallest absolute Gasteiger partial charge is 0.217 e. The van der Waals surface area contributed by atoms with Crippen molar-refractivity contribution >= 4 is 15.8 Å². The average Bonchev–Trinajstić information content (AvgIpc) is 2.62. The van der Waals surface area contributed by atoms with Crippen LogP contribution in [0.15, 0.2) is 6.07 Å². The Morgan fingerprint density at radius 3 is 2.42 bits per heavy atom. The molecule has 0 spiro atoms. The maximum atomic E-state index is 12.8. The Bertz CT molecular complexity index is 709. The first-order chi connectivity index (χ1) is 12.4. The third-order valence-corrected chi connectivity index (χ3v) is 7.54. The van der Waals surface area contributed by atoms with Gasteiger partial charge in [0.1, 0.15) is 11.6 Å². The zero-order chi connectivity index (χ0) is 18.7. The highest BCUT2D eigenvalue weighted by molar-refractivity contribution is 7.89. The van der Waals surface area contributed by atoms with Gasteiger partial charge in [0.05, 0.1) is 5.25 Å². The quantitative estimate of drug-likeness (QED) is 0.841. The standard InChI is InChI=1S/C18H30N4O3S/c1-13(2)18-19-14(3)12-17(21-18)20-15-4-8-22(9-5-15)26(23,24)16-6-10-25-11-7-16/h12-13,15-16H,4-11H2,1-3H3,(H,19,20,21). The molecule has 1 N–H and O–H groups in total. The number of nitrogens with one attached hydrogen (secondary N) is 1. The van der Waals surface area contributed by atoms with Gasteiger partial charge in [0.15, 0.2) is 0 Å². The molecule has 146 valence electrons. The van der Waals surface area contributed by atoms with Crippen molar-refractivity contribution in [1.29, 1.82) is 0 Å². The number of ether oxygens (including phenoxy) is 1. The summed E-state index contributed by atoms with van der Waals surface area (Å²) in [6.45, 7) is 8.37. The Morgan fingerprint density at radius 1 is 1.15 bits per heavy atom. The molecule has 1 aromatic rings. The van der Waals surface area contributed by atoms with Crippen molar-refractivity contribution in [3.63, 3.8) is 0 Å². The van der Waals surface area contributed by atoms with Crippen molar-refractivity contribution in [2.45, 2.75) is 63.7 Å². The fraction of sp³-hybridized carbons (Fsp3) is 0.778. The molecular weight excluding hydrogens is 352 g/mol. The Hall–Kier alpha value is -1.25. The van der Waals surface area contributed by atoms with Crippen molar-refractivity contribution in [1.82, 2.24) is 14.3 Å². The zero-order valence-corrected chi connectivity index (χ0v) is 16.8. The Labute approximate surface area is 156 Å². The topological polar surface area (TPSA) is 84.4 Å². The molecule has 2 aliphatic heterocycles. The molecule has 0 radical (unpaired) electrons. The first kappa shape index (κ1) is 19.5. The summed E-state index contributed by atoms with van der Waals surface area (Å²) in [5, 5.41) is 3.20. The van der Waals surface area contributed by atoms with E-state index in [0.29, 0.717) is 39.1 Å². The van der Waals surface area contributed by atoms with E-state index in [0.717, 1.165) is 30.2 Å². The summed E-state index contributed by atoms with van der Waals surface area (Å²) >= 11 is 0. The van der Waals surface area contributed by atoms with Crippen LogP contribution in [0.5, 0.6) is 0 Å². The van der Waals surface area contributed by atoms with Crippen LogP contribution in [0.4, 0.5) is 5.82 Å². The summed E-state index contributed by atoms with van der Waals surface area (Å²) in [5.41, 5.74) is 0.950. The van der Waals surface area contributed by atoms with Crippen LogP contribution in [0.1, 0.15) is 57.0 Å². The van der Waals surface area contributed by atoms with E-state index >= 15 is 0 Å². The second kappa shape index (κ2) is 8.19. The second-order valence-electron chi connectivity index (χ2n) is 7.58. The zero-order valence-electron chi connectivity index (χ0n) is 15.9. The van der Waals surface area contributed by atoms with Crippen LogP contribution in [-0.2, 0) is 14.8 Å². The second-order valence-corrected chi connectivity index (χ2v) is 9.79. The van der Waals surface area contributed by atoms with Crippen LogP contribution in [0.3, 0.4) is 0 Å². The average molecular weight is 383 g/mol. The van der Waals surface area contributed by atoms with Gasteiger partial charge in [0.2, 0.25) is 10.0 Å². The van der Waals surface area contributed by atoms with Gasteiger partial charge < -0.3 is 10.1 Å². The van der Waals surface area contributed by atoms with E-state index in [1.54, 1.807) is 4.31 Å². The number of nitrogens with zero attached hydrogens (tertiary/aromatic N) is 3. The van der Waals surface area contributed by atoms with Gasteiger partial charge in [-0.05, 0) is 32.6 Å². The van der Waals surface area contributed by atoms with E-state index in [1.807, 2.05) is 13.0 Å². The Kier molecular flexibility index (Phi) is 6.14. The number of hydrogen-bond acceptors (Lipinski definition) is 6. The summed E-state index contributed by atoms with van der Waals surface area (Å²) in [5.74, 6) is 1.96. The number of anilines is 1. The molecule has 0 amide bonds. The lowest BCUT2D eigenvalue weighted by molar-refractivity contribution is 0.0969. The summed E-state index contributed by atoms with van der Waals surface area (Å²) in [6.07, 6.45) is 2.81. The minimum atomic E-state index is -3.21.